The molecule has 148 valence electrons. The van der Waals surface area contributed by atoms with Gasteiger partial charge < -0.3 is 16.0 Å². The van der Waals surface area contributed by atoms with Crippen LogP contribution in [0.2, 0.25) is 0 Å². The normalized spacial score (nSPS) is 15.3. The van der Waals surface area contributed by atoms with E-state index in [9.17, 15) is 9.59 Å². The van der Waals surface area contributed by atoms with Gasteiger partial charge in [0.25, 0.3) is 0 Å². The molecule has 28 heavy (non-hydrogen) atoms. The van der Waals surface area contributed by atoms with Crippen molar-refractivity contribution in [3.05, 3.63) is 71.8 Å². The number of piperidine rings is 1. The minimum absolute atomic E-state index is 0.0784. The Hall–Kier alpha value is -2.86. The summed E-state index contributed by atoms with van der Waals surface area (Å²) in [4.78, 5) is 24.8. The quantitative estimate of drug-likeness (QED) is 0.720. The van der Waals surface area contributed by atoms with Crippen LogP contribution in [-0.4, -0.2) is 42.6 Å². The smallest absolute Gasteiger partial charge is 0.323 e. The second kappa shape index (κ2) is 9.90. The average Bonchev–Trinajstić information content (AvgIpc) is 2.70. The van der Waals surface area contributed by atoms with Crippen LogP contribution in [-0.2, 0) is 0 Å². The summed E-state index contributed by atoms with van der Waals surface area (Å²) in [7, 11) is 0. The summed E-state index contributed by atoms with van der Waals surface area (Å²) in [5.41, 5.74) is 7.65. The number of hydrogen-bond donors (Lipinski definition) is 3. The highest BCUT2D eigenvalue weighted by Crippen LogP contribution is 2.28. The Kier molecular flexibility index (Phi) is 7.03. The molecule has 1 heterocycles. The number of urea groups is 2. The van der Waals surface area contributed by atoms with E-state index in [2.05, 4.69) is 76.2 Å². The standard InChI is InChI=1S/C22H28N4O2/c23-21(27)25-22(28)24-19-11-14-26(15-12-19)16-13-20(17-7-3-1-4-8-17)18-9-5-2-6-10-18/h1-10,19-20H,11-16H2,(H4,23,24,25,27,28). The molecule has 0 aromatic heterocycles. The molecule has 1 aliphatic rings. The molecule has 0 saturated carbocycles. The zero-order chi connectivity index (χ0) is 19.8. The SMILES string of the molecule is NC(=O)NC(=O)NC1CCN(CCC(c2ccccc2)c2ccccc2)CC1. The predicted octanol–water partition coefficient (Wildman–Crippen LogP) is 3.05. The maximum absolute atomic E-state index is 11.6. The van der Waals surface area contributed by atoms with Gasteiger partial charge in [-0.2, -0.15) is 0 Å². The summed E-state index contributed by atoms with van der Waals surface area (Å²) < 4.78 is 0. The molecule has 4 N–H and O–H groups in total. The Morgan fingerprint density at radius 2 is 1.50 bits per heavy atom. The number of benzene rings is 2. The van der Waals surface area contributed by atoms with E-state index in [0.717, 1.165) is 38.9 Å². The molecular formula is C22H28N4O2. The van der Waals surface area contributed by atoms with Crippen LogP contribution in [0.3, 0.4) is 0 Å². The summed E-state index contributed by atoms with van der Waals surface area (Å²) in [5, 5.41) is 4.86. The molecule has 1 aliphatic heterocycles. The van der Waals surface area contributed by atoms with Crippen molar-refractivity contribution in [1.29, 1.82) is 0 Å². The number of nitrogens with two attached hydrogens (primary N) is 1. The molecule has 1 fully saturated rings. The number of nitrogens with one attached hydrogen (secondary N) is 2. The molecule has 0 spiro atoms. The van der Waals surface area contributed by atoms with Gasteiger partial charge in [-0.25, -0.2) is 9.59 Å². The maximum Gasteiger partial charge on any atom is 0.323 e. The Morgan fingerprint density at radius 1 is 0.964 bits per heavy atom. The molecule has 0 atom stereocenters. The number of amides is 4. The van der Waals surface area contributed by atoms with Crippen molar-refractivity contribution in [3.63, 3.8) is 0 Å². The summed E-state index contributed by atoms with van der Waals surface area (Å²) >= 11 is 0. The van der Waals surface area contributed by atoms with Gasteiger partial charge in [-0.05, 0) is 36.9 Å². The van der Waals surface area contributed by atoms with E-state index in [0.29, 0.717) is 5.92 Å². The number of nitrogens with zero attached hydrogens (tertiary/aromatic N) is 1. The van der Waals surface area contributed by atoms with E-state index < -0.39 is 12.1 Å². The molecule has 0 unspecified atom stereocenters. The molecule has 1 saturated heterocycles. The molecule has 0 radical (unpaired) electrons. The third kappa shape index (κ3) is 5.82. The zero-order valence-electron chi connectivity index (χ0n) is 16.0. The number of rotatable bonds is 6. The molecule has 2 aromatic rings. The monoisotopic (exact) mass is 380 g/mol. The first-order chi connectivity index (χ1) is 13.6. The minimum atomic E-state index is -0.831. The summed E-state index contributed by atoms with van der Waals surface area (Å²) in [6, 6.07) is 20.0. The van der Waals surface area contributed by atoms with Crippen LogP contribution < -0.4 is 16.4 Å². The van der Waals surface area contributed by atoms with E-state index in [1.807, 2.05) is 0 Å². The van der Waals surface area contributed by atoms with Gasteiger partial charge in [0.05, 0.1) is 0 Å². The first kappa shape index (κ1) is 19.9. The van der Waals surface area contributed by atoms with Gasteiger partial charge in [-0.15, -0.1) is 0 Å². The molecule has 6 nitrogen and oxygen atoms in total. The highest BCUT2D eigenvalue weighted by atomic mass is 16.2. The van der Waals surface area contributed by atoms with Crippen molar-refractivity contribution in [1.82, 2.24) is 15.5 Å². The molecule has 4 amide bonds. The van der Waals surface area contributed by atoms with Gasteiger partial charge in [-0.1, -0.05) is 60.7 Å². The lowest BCUT2D eigenvalue weighted by Crippen LogP contribution is -2.50. The molecular weight excluding hydrogens is 352 g/mol. The third-order valence-corrected chi connectivity index (χ3v) is 5.30. The number of hydrogen-bond acceptors (Lipinski definition) is 3. The highest BCUT2D eigenvalue weighted by molar-refractivity contribution is 5.92. The average molecular weight is 380 g/mol. The summed E-state index contributed by atoms with van der Waals surface area (Å²) in [5.74, 6) is 0.375. The predicted molar refractivity (Wildman–Crippen MR) is 110 cm³/mol. The van der Waals surface area contributed by atoms with Gasteiger partial charge in [0.15, 0.2) is 0 Å². The lowest BCUT2D eigenvalue weighted by molar-refractivity contribution is 0.189. The van der Waals surface area contributed by atoms with Gasteiger partial charge in [0, 0.05) is 25.0 Å². The zero-order valence-corrected chi connectivity index (χ0v) is 16.0. The second-order valence-electron chi connectivity index (χ2n) is 7.24. The number of carbonyl (C=O) groups excluding carboxylic acids is 2. The fraction of sp³-hybridized carbons (Fsp3) is 0.364. The van der Waals surface area contributed by atoms with E-state index in [1.54, 1.807) is 0 Å². The lowest BCUT2D eigenvalue weighted by atomic mass is 9.88. The minimum Gasteiger partial charge on any atom is -0.351 e. The van der Waals surface area contributed by atoms with Crippen molar-refractivity contribution in [2.45, 2.75) is 31.2 Å². The number of likely N-dealkylation sites (tertiary alicyclic amines) is 1. The molecule has 6 heteroatoms. The number of imide groups is 1. The van der Waals surface area contributed by atoms with Gasteiger partial charge in [0.2, 0.25) is 0 Å². The van der Waals surface area contributed by atoms with Crippen molar-refractivity contribution in [2.24, 2.45) is 5.73 Å². The lowest BCUT2D eigenvalue weighted by Gasteiger charge is -2.33. The second-order valence-corrected chi connectivity index (χ2v) is 7.24. The Morgan fingerprint density at radius 3 is 2.00 bits per heavy atom. The molecule has 3 rings (SSSR count). The van der Waals surface area contributed by atoms with Gasteiger partial charge in [0.1, 0.15) is 0 Å². The van der Waals surface area contributed by atoms with E-state index in [4.69, 9.17) is 5.73 Å². The van der Waals surface area contributed by atoms with Crippen LogP contribution in [0.4, 0.5) is 9.59 Å². The van der Waals surface area contributed by atoms with Crippen LogP contribution in [0.15, 0.2) is 60.7 Å². The first-order valence-corrected chi connectivity index (χ1v) is 9.81. The van der Waals surface area contributed by atoms with Crippen molar-refractivity contribution in [3.8, 4) is 0 Å². The Balaban J connectivity index is 1.52. The van der Waals surface area contributed by atoms with Crippen molar-refractivity contribution in [2.75, 3.05) is 19.6 Å². The Labute approximate surface area is 166 Å². The van der Waals surface area contributed by atoms with Crippen LogP contribution in [0.5, 0.6) is 0 Å². The third-order valence-electron chi connectivity index (χ3n) is 5.30. The van der Waals surface area contributed by atoms with E-state index in [-0.39, 0.29) is 6.04 Å². The van der Waals surface area contributed by atoms with Crippen LogP contribution in [0, 0.1) is 0 Å². The molecule has 2 aromatic carbocycles. The topological polar surface area (TPSA) is 87.5 Å². The fourth-order valence-electron chi connectivity index (χ4n) is 3.84. The van der Waals surface area contributed by atoms with Crippen molar-refractivity contribution < 1.29 is 9.59 Å². The van der Waals surface area contributed by atoms with E-state index in [1.165, 1.54) is 11.1 Å². The molecule has 0 bridgehead atoms. The summed E-state index contributed by atoms with van der Waals surface area (Å²) in [6.45, 7) is 2.87. The van der Waals surface area contributed by atoms with Gasteiger partial charge >= 0.3 is 12.1 Å². The fourth-order valence-corrected chi connectivity index (χ4v) is 3.84. The highest BCUT2D eigenvalue weighted by Gasteiger charge is 2.22. The van der Waals surface area contributed by atoms with Crippen LogP contribution in [0.1, 0.15) is 36.3 Å². The Bertz CT molecular complexity index is 719. The van der Waals surface area contributed by atoms with Crippen molar-refractivity contribution >= 4 is 12.1 Å². The largest absolute Gasteiger partial charge is 0.351 e. The van der Waals surface area contributed by atoms with Crippen LogP contribution in [0.25, 0.3) is 0 Å². The number of carbonyl (C=O) groups is 2. The molecule has 0 aliphatic carbocycles. The summed E-state index contributed by atoms with van der Waals surface area (Å²) in [6.07, 6.45) is 2.79. The first-order valence-electron chi connectivity index (χ1n) is 9.81. The van der Waals surface area contributed by atoms with Crippen LogP contribution >= 0.6 is 0 Å². The van der Waals surface area contributed by atoms with Gasteiger partial charge in [-0.3, -0.25) is 5.32 Å². The number of primary amides is 1. The maximum atomic E-state index is 11.6. The van der Waals surface area contributed by atoms with E-state index >= 15 is 0 Å².